The molecule has 0 aromatic rings. The average Bonchev–Trinajstić information content (AvgIpc) is 3.61. The number of carbonyl (C=O) groups excluding carboxylic acids is 1. The van der Waals surface area contributed by atoms with E-state index in [-0.39, 0.29) is 47.6 Å². The number of carbonyl (C=O) groups is 1. The van der Waals surface area contributed by atoms with Gasteiger partial charge >= 0.3 is 5.97 Å². The van der Waals surface area contributed by atoms with E-state index >= 15 is 0 Å². The van der Waals surface area contributed by atoms with Crippen LogP contribution in [0.3, 0.4) is 0 Å². The number of ether oxygens (including phenoxy) is 5. The van der Waals surface area contributed by atoms with Gasteiger partial charge in [0.15, 0.2) is 11.9 Å². The molecule has 0 aromatic carbocycles. The Morgan fingerprint density at radius 3 is 2.77 bits per heavy atom. The number of aliphatic hydroxyl groups is 1. The lowest BCUT2D eigenvalue weighted by atomic mass is 9.46. The number of rotatable bonds is 4. The van der Waals surface area contributed by atoms with Crippen LogP contribution in [0.15, 0.2) is 11.1 Å². The zero-order chi connectivity index (χ0) is 20.8. The van der Waals surface area contributed by atoms with E-state index in [1.165, 1.54) is 0 Å². The van der Waals surface area contributed by atoms with E-state index in [0.717, 1.165) is 30.4 Å². The zero-order valence-electron chi connectivity index (χ0n) is 18.0. The highest BCUT2D eigenvalue weighted by Gasteiger charge is 3.00. The zero-order valence-corrected chi connectivity index (χ0v) is 18.0. The third-order valence-corrected chi connectivity index (χ3v) is 9.71. The summed E-state index contributed by atoms with van der Waals surface area (Å²) in [6.45, 7) is 8.94. The number of fused-ring (bicyclic) bond motifs is 4. The highest BCUT2D eigenvalue weighted by molar-refractivity contribution is 5.92. The fraction of sp³-hybridized carbons (Fsp3) is 0.870. The quantitative estimate of drug-likeness (QED) is 0.423. The van der Waals surface area contributed by atoms with Crippen molar-refractivity contribution in [3.63, 3.8) is 0 Å². The van der Waals surface area contributed by atoms with Crippen LogP contribution in [0.25, 0.3) is 0 Å². The second-order valence-corrected chi connectivity index (χ2v) is 10.9. The van der Waals surface area contributed by atoms with Crippen molar-refractivity contribution in [2.45, 2.75) is 101 Å². The SMILES string of the molecule is CCC(O)O[C@@H]1[C@@]2(C(C)C)O[C@H]2[C@@H]2O[C@]23[C@]12O[C@H]2CC1C2=C(CC[C@@]13C)C(=O)OC2. The molecule has 10 atom stereocenters. The standard InChI is InChI=1S/C23H30O7/c1-5-15(24)27-19-21(10(2)3)16(29-21)17-23(30-17)20(4)7-6-11-12(9-26-18(11)25)13(20)8-14-22(19,23)28-14/h10,13-17,19,24H,5-9H2,1-4H3/t13?,14-,15?,16-,17-,19+,20-,21-,22+,23+/m0/s1. The van der Waals surface area contributed by atoms with Gasteiger partial charge in [0.2, 0.25) is 0 Å². The molecule has 0 aromatic heterocycles. The van der Waals surface area contributed by atoms with Gasteiger partial charge in [0.25, 0.3) is 0 Å². The maximum absolute atomic E-state index is 12.2. The largest absolute Gasteiger partial charge is 0.458 e. The van der Waals surface area contributed by atoms with E-state index < -0.39 is 23.1 Å². The normalized spacial score (nSPS) is 57.4. The fourth-order valence-electron chi connectivity index (χ4n) is 8.12. The summed E-state index contributed by atoms with van der Waals surface area (Å²) in [5.41, 5.74) is 0.316. The van der Waals surface area contributed by atoms with Crippen molar-refractivity contribution in [2.75, 3.05) is 6.61 Å². The first kappa shape index (κ1) is 18.6. The Bertz CT molecular complexity index is 898. The lowest BCUT2D eigenvalue weighted by Crippen LogP contribution is -2.70. The van der Waals surface area contributed by atoms with Crippen molar-refractivity contribution >= 4 is 5.97 Å². The lowest BCUT2D eigenvalue weighted by molar-refractivity contribution is -0.203. The molecule has 164 valence electrons. The van der Waals surface area contributed by atoms with Crippen molar-refractivity contribution in [1.82, 2.24) is 0 Å². The van der Waals surface area contributed by atoms with Gasteiger partial charge in [-0.2, -0.15) is 0 Å². The summed E-state index contributed by atoms with van der Waals surface area (Å²) in [7, 11) is 0. The average molecular weight is 418 g/mol. The van der Waals surface area contributed by atoms with Gasteiger partial charge in [0.05, 0.1) is 6.10 Å². The van der Waals surface area contributed by atoms with Gasteiger partial charge < -0.3 is 28.8 Å². The molecule has 3 saturated heterocycles. The highest BCUT2D eigenvalue weighted by atomic mass is 16.8. The van der Waals surface area contributed by atoms with Crippen LogP contribution in [0.1, 0.15) is 53.4 Å². The molecule has 5 fully saturated rings. The molecule has 2 unspecified atom stereocenters. The van der Waals surface area contributed by atoms with Gasteiger partial charge in [0, 0.05) is 11.0 Å². The molecule has 7 heteroatoms. The molecule has 7 aliphatic rings. The van der Waals surface area contributed by atoms with Crippen LogP contribution in [-0.4, -0.2) is 65.2 Å². The molecule has 30 heavy (non-hydrogen) atoms. The molecule has 2 spiro atoms. The maximum Gasteiger partial charge on any atom is 0.334 e. The Hall–Kier alpha value is -0.990. The first-order chi connectivity index (χ1) is 14.3. The van der Waals surface area contributed by atoms with Crippen molar-refractivity contribution in [1.29, 1.82) is 0 Å². The van der Waals surface area contributed by atoms with E-state index in [4.69, 9.17) is 23.7 Å². The summed E-state index contributed by atoms with van der Waals surface area (Å²) in [5.74, 6) is 0.289. The topological polar surface area (TPSA) is 93.4 Å². The molecule has 4 heterocycles. The molecule has 3 aliphatic carbocycles. The fourth-order valence-corrected chi connectivity index (χ4v) is 8.12. The van der Waals surface area contributed by atoms with Crippen LogP contribution >= 0.6 is 0 Å². The van der Waals surface area contributed by atoms with Crippen LogP contribution in [0.4, 0.5) is 0 Å². The first-order valence-corrected chi connectivity index (χ1v) is 11.5. The molecule has 2 saturated carbocycles. The molecule has 0 amide bonds. The number of esters is 1. The second-order valence-electron chi connectivity index (χ2n) is 10.9. The minimum absolute atomic E-state index is 0.0158. The lowest BCUT2D eigenvalue weighted by Gasteiger charge is -2.54. The van der Waals surface area contributed by atoms with Crippen LogP contribution in [-0.2, 0) is 28.5 Å². The maximum atomic E-state index is 12.2. The van der Waals surface area contributed by atoms with Crippen LogP contribution < -0.4 is 0 Å². The second kappa shape index (κ2) is 5.15. The van der Waals surface area contributed by atoms with E-state index in [2.05, 4.69) is 20.8 Å². The van der Waals surface area contributed by atoms with E-state index in [1.807, 2.05) is 6.92 Å². The number of cyclic esters (lactones) is 1. The van der Waals surface area contributed by atoms with E-state index in [0.29, 0.717) is 13.0 Å². The first-order valence-electron chi connectivity index (χ1n) is 11.5. The summed E-state index contributed by atoms with van der Waals surface area (Å²) in [5, 5.41) is 10.5. The van der Waals surface area contributed by atoms with E-state index in [9.17, 15) is 9.90 Å². The molecule has 0 bridgehead atoms. The summed E-state index contributed by atoms with van der Waals surface area (Å²) in [6.07, 6.45) is 1.67. The summed E-state index contributed by atoms with van der Waals surface area (Å²) < 4.78 is 31.4. The van der Waals surface area contributed by atoms with Crippen LogP contribution in [0.5, 0.6) is 0 Å². The van der Waals surface area contributed by atoms with Gasteiger partial charge in [-0.05, 0) is 43.1 Å². The van der Waals surface area contributed by atoms with Crippen LogP contribution in [0, 0.1) is 17.3 Å². The Morgan fingerprint density at radius 2 is 2.03 bits per heavy atom. The monoisotopic (exact) mass is 418 g/mol. The number of epoxide rings is 3. The highest BCUT2D eigenvalue weighted by Crippen LogP contribution is 2.83. The van der Waals surface area contributed by atoms with Crippen molar-refractivity contribution in [3.8, 4) is 0 Å². The molecule has 7 nitrogen and oxygen atoms in total. The third-order valence-electron chi connectivity index (χ3n) is 9.71. The Kier molecular flexibility index (Phi) is 3.19. The number of hydrogen-bond acceptors (Lipinski definition) is 7. The predicted molar refractivity (Wildman–Crippen MR) is 102 cm³/mol. The number of hydrogen-bond donors (Lipinski definition) is 1. The van der Waals surface area contributed by atoms with Gasteiger partial charge in [0.1, 0.15) is 36.1 Å². The third kappa shape index (κ3) is 1.66. The molecule has 7 rings (SSSR count). The Balaban J connectivity index is 1.36. The van der Waals surface area contributed by atoms with Gasteiger partial charge in [-0.15, -0.1) is 0 Å². The van der Waals surface area contributed by atoms with Crippen molar-refractivity contribution < 1.29 is 33.6 Å². The van der Waals surface area contributed by atoms with Crippen molar-refractivity contribution in [2.24, 2.45) is 17.3 Å². The van der Waals surface area contributed by atoms with E-state index in [1.54, 1.807) is 0 Å². The van der Waals surface area contributed by atoms with Crippen LogP contribution in [0.2, 0.25) is 0 Å². The van der Waals surface area contributed by atoms with Gasteiger partial charge in [-0.3, -0.25) is 0 Å². The Labute approximate surface area is 176 Å². The summed E-state index contributed by atoms with van der Waals surface area (Å²) >= 11 is 0. The summed E-state index contributed by atoms with van der Waals surface area (Å²) in [4.78, 5) is 12.2. The number of aliphatic hydroxyl groups excluding tert-OH is 1. The predicted octanol–water partition coefficient (Wildman–Crippen LogP) is 1.86. The Morgan fingerprint density at radius 1 is 1.23 bits per heavy atom. The molecule has 4 aliphatic heterocycles. The minimum atomic E-state index is -0.853. The summed E-state index contributed by atoms with van der Waals surface area (Å²) in [6, 6.07) is 0. The molecule has 1 N–H and O–H groups in total. The molecular weight excluding hydrogens is 388 g/mol. The smallest absolute Gasteiger partial charge is 0.334 e. The minimum Gasteiger partial charge on any atom is -0.458 e. The van der Waals surface area contributed by atoms with Crippen molar-refractivity contribution in [3.05, 3.63) is 11.1 Å². The van der Waals surface area contributed by atoms with Gasteiger partial charge in [-0.25, -0.2) is 4.79 Å². The molecule has 0 radical (unpaired) electrons. The van der Waals surface area contributed by atoms with Gasteiger partial charge in [-0.1, -0.05) is 27.7 Å². The molecular formula is C23H30O7.